The predicted molar refractivity (Wildman–Crippen MR) is 69.1 cm³/mol. The van der Waals surface area contributed by atoms with Gasteiger partial charge in [-0.2, -0.15) is 0 Å². The van der Waals surface area contributed by atoms with E-state index in [1.54, 1.807) is 18.9 Å². The van der Waals surface area contributed by atoms with Crippen molar-refractivity contribution in [2.24, 2.45) is 0 Å². The highest BCUT2D eigenvalue weighted by Crippen LogP contribution is 2.27. The molecule has 3 nitrogen and oxygen atoms in total. The number of thioether (sulfide) groups is 1. The highest BCUT2D eigenvalue weighted by atomic mass is 32.2. The maximum atomic E-state index is 5.57. The molecule has 0 radical (unpaired) electrons. The van der Waals surface area contributed by atoms with Crippen LogP contribution in [0.5, 0.6) is 5.75 Å². The monoisotopic (exact) mass is 252 g/mol. The summed E-state index contributed by atoms with van der Waals surface area (Å²) in [7, 11) is 1.67. The van der Waals surface area contributed by atoms with Crippen LogP contribution < -0.4 is 10.5 Å². The molecule has 0 spiro atoms. The number of nitrogens with two attached hydrogens (primary N) is 1. The highest BCUT2D eigenvalue weighted by Gasteiger charge is 2.00. The Hall–Kier alpha value is -1.20. The number of ether oxygens (including phenoxy) is 1. The molecular formula is C11H12N2OS2. The maximum absolute atomic E-state index is 5.57. The molecule has 0 aliphatic carbocycles. The van der Waals surface area contributed by atoms with Crippen molar-refractivity contribution in [2.45, 2.75) is 10.6 Å². The van der Waals surface area contributed by atoms with Gasteiger partial charge < -0.3 is 10.5 Å². The van der Waals surface area contributed by atoms with Crippen molar-refractivity contribution in [3.63, 3.8) is 0 Å². The van der Waals surface area contributed by atoms with Gasteiger partial charge in [0.1, 0.15) is 5.75 Å². The molecule has 0 atom stereocenters. The van der Waals surface area contributed by atoms with Gasteiger partial charge in [0.2, 0.25) is 0 Å². The molecule has 0 bridgehead atoms. The summed E-state index contributed by atoms with van der Waals surface area (Å²) in [6.45, 7) is 0. The second-order valence-corrected chi connectivity index (χ2v) is 5.32. The van der Waals surface area contributed by atoms with Crippen LogP contribution in [0, 0.1) is 0 Å². The van der Waals surface area contributed by atoms with E-state index in [4.69, 9.17) is 10.5 Å². The van der Waals surface area contributed by atoms with Gasteiger partial charge in [0.15, 0.2) is 5.13 Å². The third kappa shape index (κ3) is 2.90. The first kappa shape index (κ1) is 11.3. The van der Waals surface area contributed by atoms with E-state index in [1.807, 2.05) is 30.5 Å². The smallest absolute Gasteiger partial charge is 0.180 e. The minimum atomic E-state index is 0.630. The number of nitrogens with zero attached hydrogens (tertiary/aromatic N) is 1. The molecule has 0 aliphatic rings. The second kappa shape index (κ2) is 5.23. The fourth-order valence-electron chi connectivity index (χ4n) is 1.22. The van der Waals surface area contributed by atoms with Crippen molar-refractivity contribution in [3.8, 4) is 5.75 Å². The third-order valence-corrected chi connectivity index (χ3v) is 4.08. The molecular weight excluding hydrogens is 240 g/mol. The van der Waals surface area contributed by atoms with E-state index in [-0.39, 0.29) is 0 Å². The van der Waals surface area contributed by atoms with Gasteiger partial charge in [-0.3, -0.25) is 0 Å². The van der Waals surface area contributed by atoms with Gasteiger partial charge in [0.05, 0.1) is 7.11 Å². The quantitative estimate of drug-likeness (QED) is 0.850. The molecule has 1 heterocycles. The Morgan fingerprint density at radius 3 is 2.69 bits per heavy atom. The first-order valence-corrected chi connectivity index (χ1v) is 6.55. The summed E-state index contributed by atoms with van der Waals surface area (Å²) < 4.78 is 5.10. The van der Waals surface area contributed by atoms with Crippen LogP contribution in [0.15, 0.2) is 35.4 Å². The zero-order valence-electron chi connectivity index (χ0n) is 8.84. The average Bonchev–Trinajstić information content (AvgIpc) is 2.73. The predicted octanol–water partition coefficient (Wildman–Crippen LogP) is 3.03. The van der Waals surface area contributed by atoms with E-state index in [9.17, 15) is 0 Å². The molecule has 0 saturated carbocycles. The molecule has 5 heteroatoms. The number of anilines is 1. The van der Waals surface area contributed by atoms with E-state index >= 15 is 0 Å². The number of rotatable bonds is 4. The largest absolute Gasteiger partial charge is 0.497 e. The Morgan fingerprint density at radius 1 is 1.38 bits per heavy atom. The topological polar surface area (TPSA) is 48.1 Å². The molecule has 0 aliphatic heterocycles. The number of benzene rings is 1. The molecule has 0 amide bonds. The molecule has 1 aromatic heterocycles. The zero-order valence-corrected chi connectivity index (χ0v) is 10.5. The molecule has 2 rings (SSSR count). The van der Waals surface area contributed by atoms with E-state index in [0.717, 1.165) is 11.5 Å². The summed E-state index contributed by atoms with van der Waals surface area (Å²) in [4.78, 5) is 6.43. The fraction of sp³-hybridized carbons (Fsp3) is 0.182. The number of methoxy groups -OCH3 is 1. The van der Waals surface area contributed by atoms with Gasteiger partial charge in [-0.1, -0.05) is 0 Å². The van der Waals surface area contributed by atoms with Gasteiger partial charge in [-0.15, -0.1) is 23.1 Å². The van der Waals surface area contributed by atoms with Gasteiger partial charge >= 0.3 is 0 Å². The maximum Gasteiger partial charge on any atom is 0.180 e. The van der Waals surface area contributed by atoms with Crippen molar-refractivity contribution in [1.82, 2.24) is 4.98 Å². The summed E-state index contributed by atoms with van der Waals surface area (Å²) in [5, 5.41) is 0.630. The lowest BCUT2D eigenvalue weighted by Gasteiger charge is -2.01. The summed E-state index contributed by atoms with van der Waals surface area (Å²) in [5.74, 6) is 1.78. The number of nitrogen functional groups attached to an aromatic ring is 1. The average molecular weight is 252 g/mol. The van der Waals surface area contributed by atoms with Crippen molar-refractivity contribution < 1.29 is 4.74 Å². The third-order valence-electron chi connectivity index (χ3n) is 2.01. The number of thiazole rings is 1. The van der Waals surface area contributed by atoms with Crippen molar-refractivity contribution >= 4 is 28.2 Å². The van der Waals surface area contributed by atoms with Gasteiger partial charge in [-0.25, -0.2) is 4.98 Å². The van der Waals surface area contributed by atoms with Crippen LogP contribution in [-0.2, 0) is 5.75 Å². The summed E-state index contributed by atoms with van der Waals surface area (Å²) in [6, 6.07) is 8.02. The lowest BCUT2D eigenvalue weighted by atomic mass is 10.3. The molecule has 1 aromatic carbocycles. The zero-order chi connectivity index (χ0) is 11.4. The van der Waals surface area contributed by atoms with Crippen LogP contribution in [0.4, 0.5) is 5.13 Å². The van der Waals surface area contributed by atoms with Crippen LogP contribution in [0.2, 0.25) is 0 Å². The highest BCUT2D eigenvalue weighted by molar-refractivity contribution is 7.98. The summed E-state index contributed by atoms with van der Waals surface area (Å²) in [6.07, 6.45) is 1.83. The van der Waals surface area contributed by atoms with Gasteiger partial charge in [0, 0.05) is 21.7 Å². The van der Waals surface area contributed by atoms with Crippen molar-refractivity contribution in [2.75, 3.05) is 12.8 Å². The molecule has 84 valence electrons. The molecule has 0 unspecified atom stereocenters. The Morgan fingerprint density at radius 2 is 2.12 bits per heavy atom. The minimum absolute atomic E-state index is 0.630. The molecule has 2 aromatic rings. The molecule has 16 heavy (non-hydrogen) atoms. The van der Waals surface area contributed by atoms with Crippen molar-refractivity contribution in [3.05, 3.63) is 35.3 Å². The van der Waals surface area contributed by atoms with Gasteiger partial charge in [-0.05, 0) is 24.3 Å². The number of hydrogen-bond donors (Lipinski definition) is 1. The van der Waals surface area contributed by atoms with E-state index < -0.39 is 0 Å². The van der Waals surface area contributed by atoms with Crippen LogP contribution >= 0.6 is 23.1 Å². The minimum Gasteiger partial charge on any atom is -0.497 e. The SMILES string of the molecule is COc1ccc(SCc2cnc(N)s2)cc1. The Kier molecular flexibility index (Phi) is 3.69. The van der Waals surface area contributed by atoms with E-state index in [1.165, 1.54) is 21.1 Å². The van der Waals surface area contributed by atoms with E-state index in [2.05, 4.69) is 4.98 Å². The summed E-state index contributed by atoms with van der Waals surface area (Å²) >= 11 is 3.30. The summed E-state index contributed by atoms with van der Waals surface area (Å²) in [5.41, 5.74) is 5.57. The van der Waals surface area contributed by atoms with Crippen LogP contribution in [-0.4, -0.2) is 12.1 Å². The van der Waals surface area contributed by atoms with Crippen LogP contribution in [0.3, 0.4) is 0 Å². The van der Waals surface area contributed by atoms with Gasteiger partial charge in [0.25, 0.3) is 0 Å². The lowest BCUT2D eigenvalue weighted by molar-refractivity contribution is 0.414. The Balaban J connectivity index is 1.94. The van der Waals surface area contributed by atoms with Crippen molar-refractivity contribution in [1.29, 1.82) is 0 Å². The standard InChI is InChI=1S/C11H12N2OS2/c1-14-8-2-4-9(5-3-8)15-7-10-6-13-11(12)16-10/h2-6H,7H2,1H3,(H2,12,13). The van der Waals surface area contributed by atoms with Crippen LogP contribution in [0.1, 0.15) is 4.88 Å². The normalized spacial score (nSPS) is 10.3. The molecule has 0 fully saturated rings. The van der Waals surface area contributed by atoms with E-state index in [0.29, 0.717) is 5.13 Å². The molecule has 0 saturated heterocycles. The first-order chi connectivity index (χ1) is 7.78. The first-order valence-electron chi connectivity index (χ1n) is 4.75. The Labute approximate surface area is 103 Å². The lowest BCUT2D eigenvalue weighted by Crippen LogP contribution is -1.81. The number of hydrogen-bond acceptors (Lipinski definition) is 5. The fourth-order valence-corrected chi connectivity index (χ4v) is 2.82. The Bertz CT molecular complexity index is 453. The second-order valence-electron chi connectivity index (χ2n) is 3.13. The van der Waals surface area contributed by atoms with Crippen LogP contribution in [0.25, 0.3) is 0 Å². The molecule has 2 N–H and O–H groups in total. The number of aromatic nitrogens is 1.